The minimum atomic E-state index is -1.36. The van der Waals surface area contributed by atoms with Crippen molar-refractivity contribution in [1.82, 2.24) is 9.55 Å². The van der Waals surface area contributed by atoms with Gasteiger partial charge in [-0.25, -0.2) is 14.2 Å². The van der Waals surface area contributed by atoms with Gasteiger partial charge in [-0.2, -0.15) is 0 Å². The highest BCUT2D eigenvalue weighted by Gasteiger charge is 2.28. The molecule has 2 N–H and O–H groups in total. The van der Waals surface area contributed by atoms with Crippen molar-refractivity contribution in [3.05, 3.63) is 51.2 Å². The van der Waals surface area contributed by atoms with Crippen LogP contribution in [-0.2, 0) is 0 Å². The standard InChI is InChI=1S/C20H17ClFN3O4/c1-3-23-19-13(21)4-10(6-24-19)15-14(22)5-11-16-18(15)29-8-9(2)25(16)7-12(17(11)26)20(27)28/h4-7,9H,3,8H2,1-2H3,(H,23,24)(H,27,28). The minimum absolute atomic E-state index is 0.0453. The summed E-state index contributed by atoms with van der Waals surface area (Å²) in [5, 5.41) is 12.6. The SMILES string of the molecule is CCNc1ncc(-c2c(F)cc3c(=O)c(C(=O)O)cn4c3c2OCC4C)cc1Cl. The van der Waals surface area contributed by atoms with Gasteiger partial charge >= 0.3 is 5.97 Å². The number of rotatable bonds is 4. The van der Waals surface area contributed by atoms with E-state index in [2.05, 4.69) is 10.3 Å². The van der Waals surface area contributed by atoms with Crippen LogP contribution in [-0.4, -0.2) is 33.8 Å². The Balaban J connectivity index is 2.05. The van der Waals surface area contributed by atoms with Gasteiger partial charge in [-0.1, -0.05) is 11.6 Å². The van der Waals surface area contributed by atoms with E-state index in [-0.39, 0.29) is 29.3 Å². The molecule has 0 amide bonds. The van der Waals surface area contributed by atoms with E-state index in [1.807, 2.05) is 13.8 Å². The Hall–Kier alpha value is -3.13. The van der Waals surface area contributed by atoms with E-state index >= 15 is 4.39 Å². The Morgan fingerprint density at radius 2 is 2.24 bits per heavy atom. The molecule has 0 aliphatic carbocycles. The fraction of sp³-hybridized carbons (Fsp3) is 0.250. The summed E-state index contributed by atoms with van der Waals surface area (Å²) in [5.74, 6) is -1.44. The number of benzene rings is 1. The first-order valence-corrected chi connectivity index (χ1v) is 9.38. The van der Waals surface area contributed by atoms with Crippen LogP contribution in [0.15, 0.2) is 29.3 Å². The third-order valence-electron chi connectivity index (χ3n) is 4.87. The Morgan fingerprint density at radius 1 is 1.48 bits per heavy atom. The van der Waals surface area contributed by atoms with E-state index in [4.69, 9.17) is 16.3 Å². The van der Waals surface area contributed by atoms with E-state index in [0.29, 0.717) is 28.5 Å². The zero-order valence-electron chi connectivity index (χ0n) is 15.6. The Kier molecular flexibility index (Phi) is 4.66. The molecule has 7 nitrogen and oxygen atoms in total. The molecule has 0 radical (unpaired) electrons. The largest absolute Gasteiger partial charge is 0.488 e. The molecule has 0 saturated carbocycles. The summed E-state index contributed by atoms with van der Waals surface area (Å²) in [5.41, 5.74) is -0.308. The second kappa shape index (κ2) is 7.04. The molecule has 1 aliphatic heterocycles. The monoisotopic (exact) mass is 417 g/mol. The Morgan fingerprint density at radius 3 is 2.90 bits per heavy atom. The molecule has 4 rings (SSSR count). The van der Waals surface area contributed by atoms with Gasteiger partial charge in [-0.3, -0.25) is 4.79 Å². The molecule has 2 aromatic heterocycles. The van der Waals surface area contributed by atoms with Crippen LogP contribution < -0.4 is 15.5 Å². The summed E-state index contributed by atoms with van der Waals surface area (Å²) >= 11 is 6.26. The minimum Gasteiger partial charge on any atom is -0.488 e. The number of ether oxygens (including phenoxy) is 1. The van der Waals surface area contributed by atoms with Gasteiger partial charge in [0.2, 0.25) is 5.43 Å². The molecule has 1 aromatic carbocycles. The highest BCUT2D eigenvalue weighted by atomic mass is 35.5. The molecule has 0 saturated heterocycles. The maximum absolute atomic E-state index is 15.1. The number of aromatic nitrogens is 2. The quantitative estimate of drug-likeness (QED) is 0.667. The second-order valence-electron chi connectivity index (χ2n) is 6.79. The van der Waals surface area contributed by atoms with E-state index in [9.17, 15) is 14.7 Å². The van der Waals surface area contributed by atoms with Crippen molar-refractivity contribution < 1.29 is 19.0 Å². The third-order valence-corrected chi connectivity index (χ3v) is 5.16. The summed E-state index contributed by atoms with van der Waals surface area (Å²) in [6.45, 7) is 4.54. The highest BCUT2D eigenvalue weighted by molar-refractivity contribution is 6.33. The number of hydrogen-bond acceptors (Lipinski definition) is 5. The predicted molar refractivity (Wildman–Crippen MR) is 108 cm³/mol. The summed E-state index contributed by atoms with van der Waals surface area (Å²) < 4.78 is 22.6. The van der Waals surface area contributed by atoms with Crippen LogP contribution in [0, 0.1) is 5.82 Å². The fourth-order valence-corrected chi connectivity index (χ4v) is 3.75. The van der Waals surface area contributed by atoms with Crippen LogP contribution in [0.4, 0.5) is 10.2 Å². The van der Waals surface area contributed by atoms with Crippen molar-refractivity contribution in [2.24, 2.45) is 0 Å². The average molecular weight is 418 g/mol. The number of carboxylic acid groups (broad SMARTS) is 1. The molecule has 3 heterocycles. The highest BCUT2D eigenvalue weighted by Crippen LogP contribution is 2.42. The Bertz CT molecular complexity index is 1220. The van der Waals surface area contributed by atoms with Crippen molar-refractivity contribution in [2.45, 2.75) is 19.9 Å². The van der Waals surface area contributed by atoms with Gasteiger partial charge in [0.05, 0.1) is 27.5 Å². The van der Waals surface area contributed by atoms with Crippen molar-refractivity contribution in [1.29, 1.82) is 0 Å². The van der Waals surface area contributed by atoms with Gasteiger partial charge in [-0.05, 0) is 26.0 Å². The molecule has 1 unspecified atom stereocenters. The number of halogens is 2. The van der Waals surface area contributed by atoms with E-state index in [1.165, 1.54) is 12.4 Å². The molecule has 1 aliphatic rings. The number of hydrogen-bond donors (Lipinski definition) is 2. The lowest BCUT2D eigenvalue weighted by atomic mass is 9.99. The first-order chi connectivity index (χ1) is 13.8. The first-order valence-electron chi connectivity index (χ1n) is 9.00. The summed E-state index contributed by atoms with van der Waals surface area (Å²) in [4.78, 5) is 28.3. The molecule has 150 valence electrons. The van der Waals surface area contributed by atoms with E-state index in [1.54, 1.807) is 10.6 Å². The summed E-state index contributed by atoms with van der Waals surface area (Å²) in [6, 6.07) is 2.38. The second-order valence-corrected chi connectivity index (χ2v) is 7.19. The van der Waals surface area contributed by atoms with Crippen molar-refractivity contribution >= 4 is 34.3 Å². The predicted octanol–water partition coefficient (Wildman–Crippen LogP) is 3.94. The number of anilines is 1. The van der Waals surface area contributed by atoms with Gasteiger partial charge in [0, 0.05) is 24.5 Å². The van der Waals surface area contributed by atoms with Gasteiger partial charge in [0.1, 0.15) is 23.8 Å². The number of aromatic carboxylic acids is 1. The lowest BCUT2D eigenvalue weighted by molar-refractivity contribution is 0.0694. The van der Waals surface area contributed by atoms with Crippen LogP contribution in [0.3, 0.4) is 0 Å². The number of nitrogens with one attached hydrogen (secondary N) is 1. The maximum atomic E-state index is 15.1. The molecule has 9 heteroatoms. The van der Waals surface area contributed by atoms with Gasteiger partial charge in [0.25, 0.3) is 0 Å². The number of carboxylic acids is 1. The van der Waals surface area contributed by atoms with E-state index < -0.39 is 22.8 Å². The topological polar surface area (TPSA) is 93.5 Å². The first kappa shape index (κ1) is 19.2. The summed E-state index contributed by atoms with van der Waals surface area (Å²) in [7, 11) is 0. The zero-order chi connectivity index (χ0) is 20.9. The zero-order valence-corrected chi connectivity index (χ0v) is 16.4. The smallest absolute Gasteiger partial charge is 0.341 e. The van der Waals surface area contributed by atoms with Crippen LogP contribution in [0.5, 0.6) is 5.75 Å². The molecule has 0 bridgehead atoms. The van der Waals surface area contributed by atoms with Gasteiger partial charge in [0.15, 0.2) is 5.75 Å². The number of carbonyl (C=O) groups is 1. The number of pyridine rings is 2. The van der Waals surface area contributed by atoms with Crippen LogP contribution >= 0.6 is 11.6 Å². The molecule has 3 aromatic rings. The van der Waals surface area contributed by atoms with Crippen molar-refractivity contribution in [3.63, 3.8) is 0 Å². The summed E-state index contributed by atoms with van der Waals surface area (Å²) in [6.07, 6.45) is 2.75. The Labute approximate surface area is 169 Å². The average Bonchev–Trinajstić information content (AvgIpc) is 2.67. The molecule has 0 fully saturated rings. The van der Waals surface area contributed by atoms with Gasteiger partial charge < -0.3 is 19.7 Å². The molecular weight excluding hydrogens is 401 g/mol. The lowest BCUT2D eigenvalue weighted by Crippen LogP contribution is -2.27. The third kappa shape index (κ3) is 3.00. The van der Waals surface area contributed by atoms with Crippen LogP contribution in [0.25, 0.3) is 22.0 Å². The lowest BCUT2D eigenvalue weighted by Gasteiger charge is -2.28. The van der Waals surface area contributed by atoms with Crippen molar-refractivity contribution in [3.8, 4) is 16.9 Å². The fourth-order valence-electron chi connectivity index (χ4n) is 3.52. The van der Waals surface area contributed by atoms with E-state index in [0.717, 1.165) is 6.07 Å². The van der Waals surface area contributed by atoms with Gasteiger partial charge in [-0.15, -0.1) is 0 Å². The molecular formula is C20H17ClFN3O4. The number of nitrogens with zero attached hydrogens (tertiary/aromatic N) is 2. The van der Waals surface area contributed by atoms with Crippen molar-refractivity contribution in [2.75, 3.05) is 18.5 Å². The molecule has 1 atom stereocenters. The van der Waals surface area contributed by atoms with Crippen LogP contribution in [0.2, 0.25) is 5.02 Å². The normalized spacial score (nSPS) is 15.2. The molecule has 0 spiro atoms. The molecule has 29 heavy (non-hydrogen) atoms. The maximum Gasteiger partial charge on any atom is 0.341 e. The van der Waals surface area contributed by atoms with Crippen LogP contribution in [0.1, 0.15) is 30.2 Å².